The van der Waals surface area contributed by atoms with Crippen molar-refractivity contribution in [2.45, 2.75) is 39.7 Å². The van der Waals surface area contributed by atoms with E-state index in [-0.39, 0.29) is 40.2 Å². The zero-order valence-corrected chi connectivity index (χ0v) is 17.4. The summed E-state index contributed by atoms with van der Waals surface area (Å²) in [5, 5.41) is 10.2. The Morgan fingerprint density at radius 1 is 1.20 bits per heavy atom. The number of ketones is 2. The third-order valence-corrected chi connectivity index (χ3v) is 5.78. The standard InChI is InChI=1S/C22H27FN4O3/c1-12(2)27-10-7-14(8-11-27)20(29)13(3)21(30)19-17(28)5-4-16(26-19)15-6-9-25-22(24)18(15)23/h4-6,9,12-14,28H,7-8,10-11H2,1-3H3,(H2,24,25). The van der Waals surface area contributed by atoms with Crippen LogP contribution in [0.25, 0.3) is 11.3 Å². The number of likely N-dealkylation sites (tertiary alicyclic amines) is 1. The Balaban J connectivity index is 1.81. The van der Waals surface area contributed by atoms with Gasteiger partial charge in [-0.15, -0.1) is 0 Å². The lowest BCUT2D eigenvalue weighted by atomic mass is 9.83. The maximum absolute atomic E-state index is 14.3. The molecule has 2 aromatic rings. The second-order valence-corrected chi connectivity index (χ2v) is 8.01. The third-order valence-electron chi connectivity index (χ3n) is 5.78. The molecule has 0 radical (unpaired) electrons. The van der Waals surface area contributed by atoms with Crippen molar-refractivity contribution in [1.82, 2.24) is 14.9 Å². The fraction of sp³-hybridized carbons (Fsp3) is 0.455. The van der Waals surface area contributed by atoms with Crippen molar-refractivity contribution in [3.05, 3.63) is 35.9 Å². The fourth-order valence-corrected chi connectivity index (χ4v) is 3.83. The monoisotopic (exact) mass is 414 g/mol. The molecule has 160 valence electrons. The number of nitrogen functional groups attached to an aromatic ring is 1. The fourth-order valence-electron chi connectivity index (χ4n) is 3.83. The van der Waals surface area contributed by atoms with E-state index in [2.05, 4.69) is 28.7 Å². The van der Waals surface area contributed by atoms with E-state index in [0.717, 1.165) is 13.1 Å². The largest absolute Gasteiger partial charge is 0.506 e. The molecule has 0 bridgehead atoms. The first-order valence-electron chi connectivity index (χ1n) is 10.1. The highest BCUT2D eigenvalue weighted by molar-refractivity contribution is 6.11. The van der Waals surface area contributed by atoms with Gasteiger partial charge in [-0.1, -0.05) is 0 Å². The molecular weight excluding hydrogens is 387 g/mol. The minimum absolute atomic E-state index is 0.0663. The number of piperidine rings is 1. The van der Waals surface area contributed by atoms with Gasteiger partial charge in [0.2, 0.25) is 0 Å². The molecule has 0 spiro atoms. The predicted molar refractivity (Wildman–Crippen MR) is 111 cm³/mol. The SMILES string of the molecule is CC(C(=O)c1nc(-c2ccnc(N)c2F)ccc1O)C(=O)C1CCN(C(C)C)CC1. The van der Waals surface area contributed by atoms with Gasteiger partial charge in [0.15, 0.2) is 17.4 Å². The van der Waals surface area contributed by atoms with Crippen molar-refractivity contribution >= 4 is 17.4 Å². The average Bonchev–Trinajstić information content (AvgIpc) is 2.74. The van der Waals surface area contributed by atoms with Gasteiger partial charge in [-0.25, -0.2) is 14.4 Å². The zero-order valence-electron chi connectivity index (χ0n) is 17.4. The summed E-state index contributed by atoms with van der Waals surface area (Å²) in [5.74, 6) is -3.24. The van der Waals surface area contributed by atoms with E-state index < -0.39 is 17.5 Å². The molecule has 3 heterocycles. The number of hydrogen-bond acceptors (Lipinski definition) is 7. The number of aromatic nitrogens is 2. The van der Waals surface area contributed by atoms with Crippen LogP contribution in [0.5, 0.6) is 5.75 Å². The number of carbonyl (C=O) groups excluding carboxylic acids is 2. The number of halogens is 1. The van der Waals surface area contributed by atoms with Crippen LogP contribution in [0.2, 0.25) is 0 Å². The first kappa shape index (κ1) is 21.8. The van der Waals surface area contributed by atoms with Gasteiger partial charge in [-0.3, -0.25) is 9.59 Å². The topological polar surface area (TPSA) is 109 Å². The minimum atomic E-state index is -0.943. The van der Waals surface area contributed by atoms with Crippen molar-refractivity contribution in [1.29, 1.82) is 0 Å². The number of aromatic hydroxyl groups is 1. The highest BCUT2D eigenvalue weighted by Crippen LogP contribution is 2.29. The Kier molecular flexibility index (Phi) is 6.45. The summed E-state index contributed by atoms with van der Waals surface area (Å²) in [6, 6.07) is 4.46. The molecule has 1 unspecified atom stereocenters. The maximum atomic E-state index is 14.3. The van der Waals surface area contributed by atoms with E-state index in [1.54, 1.807) is 0 Å². The molecule has 0 amide bonds. The average molecular weight is 414 g/mol. The molecule has 30 heavy (non-hydrogen) atoms. The number of nitrogens with zero attached hydrogens (tertiary/aromatic N) is 3. The molecule has 1 atom stereocenters. The number of anilines is 1. The van der Waals surface area contributed by atoms with Gasteiger partial charge in [-0.2, -0.15) is 0 Å². The van der Waals surface area contributed by atoms with Gasteiger partial charge in [0.25, 0.3) is 0 Å². The molecule has 3 N–H and O–H groups in total. The highest BCUT2D eigenvalue weighted by atomic mass is 19.1. The maximum Gasteiger partial charge on any atom is 0.195 e. The first-order chi connectivity index (χ1) is 14.2. The number of Topliss-reactive ketones (excluding diaryl/α,β-unsaturated/α-hetero) is 2. The van der Waals surface area contributed by atoms with Gasteiger partial charge < -0.3 is 15.7 Å². The van der Waals surface area contributed by atoms with E-state index in [1.165, 1.54) is 31.3 Å². The molecule has 2 aromatic heterocycles. The highest BCUT2D eigenvalue weighted by Gasteiger charge is 2.34. The summed E-state index contributed by atoms with van der Waals surface area (Å²) in [7, 11) is 0. The smallest absolute Gasteiger partial charge is 0.195 e. The minimum Gasteiger partial charge on any atom is -0.506 e. The Hall–Kier alpha value is -2.87. The third kappa shape index (κ3) is 4.33. The normalized spacial score (nSPS) is 16.6. The number of nitrogens with two attached hydrogens (primary N) is 1. The number of carbonyl (C=O) groups is 2. The lowest BCUT2D eigenvalue weighted by molar-refractivity contribution is -0.126. The van der Waals surface area contributed by atoms with Crippen molar-refractivity contribution in [3.63, 3.8) is 0 Å². The molecule has 1 fully saturated rings. The van der Waals surface area contributed by atoms with E-state index in [9.17, 15) is 19.1 Å². The number of pyridine rings is 2. The van der Waals surface area contributed by atoms with Crippen LogP contribution < -0.4 is 5.73 Å². The van der Waals surface area contributed by atoms with Crippen LogP contribution in [0.1, 0.15) is 44.1 Å². The molecule has 8 heteroatoms. The van der Waals surface area contributed by atoms with Crippen molar-refractivity contribution in [3.8, 4) is 17.0 Å². The Bertz CT molecular complexity index is 955. The Labute approximate surface area is 175 Å². The lowest BCUT2D eigenvalue weighted by Crippen LogP contribution is -2.42. The van der Waals surface area contributed by atoms with Gasteiger partial charge in [0.1, 0.15) is 17.2 Å². The van der Waals surface area contributed by atoms with Crippen molar-refractivity contribution < 1.29 is 19.1 Å². The second-order valence-electron chi connectivity index (χ2n) is 8.01. The van der Waals surface area contributed by atoms with Crippen LogP contribution in [0, 0.1) is 17.7 Å². The van der Waals surface area contributed by atoms with E-state index >= 15 is 0 Å². The van der Waals surface area contributed by atoms with Crippen LogP contribution in [0.4, 0.5) is 10.2 Å². The molecule has 0 aliphatic carbocycles. The molecular formula is C22H27FN4O3. The molecule has 1 aliphatic heterocycles. The Morgan fingerprint density at radius 2 is 1.87 bits per heavy atom. The summed E-state index contributed by atoms with van der Waals surface area (Å²) < 4.78 is 14.3. The molecule has 7 nitrogen and oxygen atoms in total. The van der Waals surface area contributed by atoms with Crippen LogP contribution in [-0.2, 0) is 4.79 Å². The van der Waals surface area contributed by atoms with Gasteiger partial charge in [0.05, 0.1) is 11.6 Å². The summed E-state index contributed by atoms with van der Waals surface area (Å²) in [4.78, 5) is 36.0. The van der Waals surface area contributed by atoms with E-state index in [0.29, 0.717) is 18.9 Å². The van der Waals surface area contributed by atoms with Gasteiger partial charge in [0, 0.05) is 23.7 Å². The summed E-state index contributed by atoms with van der Waals surface area (Å²) >= 11 is 0. The predicted octanol–water partition coefficient (Wildman–Crippen LogP) is 3.08. The lowest BCUT2D eigenvalue weighted by Gasteiger charge is -2.34. The van der Waals surface area contributed by atoms with Crippen LogP contribution in [0.15, 0.2) is 24.4 Å². The molecule has 0 saturated carbocycles. The zero-order chi connectivity index (χ0) is 22.0. The molecule has 1 aliphatic rings. The quantitative estimate of drug-likeness (QED) is 0.552. The van der Waals surface area contributed by atoms with Crippen molar-refractivity contribution in [2.75, 3.05) is 18.8 Å². The first-order valence-corrected chi connectivity index (χ1v) is 10.1. The molecule has 1 saturated heterocycles. The number of hydrogen-bond donors (Lipinski definition) is 2. The molecule has 3 rings (SSSR count). The van der Waals surface area contributed by atoms with E-state index in [4.69, 9.17) is 5.73 Å². The van der Waals surface area contributed by atoms with E-state index in [1.807, 2.05) is 0 Å². The van der Waals surface area contributed by atoms with Gasteiger partial charge >= 0.3 is 0 Å². The summed E-state index contributed by atoms with van der Waals surface area (Å²) in [6.07, 6.45) is 2.74. The molecule has 0 aromatic carbocycles. The Morgan fingerprint density at radius 3 is 2.50 bits per heavy atom. The van der Waals surface area contributed by atoms with Crippen LogP contribution >= 0.6 is 0 Å². The van der Waals surface area contributed by atoms with Gasteiger partial charge in [-0.05, 0) is 64.9 Å². The summed E-state index contributed by atoms with van der Waals surface area (Å²) in [6.45, 7) is 7.41. The van der Waals surface area contributed by atoms with Crippen LogP contribution in [-0.4, -0.2) is 50.7 Å². The number of rotatable bonds is 6. The summed E-state index contributed by atoms with van der Waals surface area (Å²) in [5.41, 5.74) is 5.46. The van der Waals surface area contributed by atoms with Crippen LogP contribution in [0.3, 0.4) is 0 Å². The van der Waals surface area contributed by atoms with Crippen molar-refractivity contribution in [2.24, 2.45) is 11.8 Å². The second kappa shape index (κ2) is 8.87.